The molecule has 1 aliphatic heterocycles. The van der Waals surface area contributed by atoms with E-state index in [-0.39, 0.29) is 17.4 Å². The number of fused-ring (bicyclic) bond motifs is 1. The fourth-order valence-electron chi connectivity index (χ4n) is 5.05. The van der Waals surface area contributed by atoms with Crippen LogP contribution in [0.15, 0.2) is 58.2 Å². The Bertz CT molecular complexity index is 1310. The molecule has 0 radical (unpaired) electrons. The number of ether oxygens (including phenoxy) is 1. The molecule has 5 rings (SSSR count). The van der Waals surface area contributed by atoms with E-state index in [1.807, 2.05) is 0 Å². The maximum atomic E-state index is 13.7. The van der Waals surface area contributed by atoms with E-state index in [1.54, 1.807) is 17.0 Å². The van der Waals surface area contributed by atoms with Gasteiger partial charge in [-0.05, 0) is 42.7 Å². The number of Topliss-reactive ketones (excluding diaryl/α,β-unsaturated/α-hetero) is 1. The van der Waals surface area contributed by atoms with Gasteiger partial charge in [-0.25, -0.2) is 4.39 Å². The number of aliphatic hydroxyl groups is 1. The predicted molar refractivity (Wildman–Crippen MR) is 125 cm³/mol. The Morgan fingerprint density at radius 3 is 2.53 bits per heavy atom. The van der Waals surface area contributed by atoms with Gasteiger partial charge in [0.05, 0.1) is 18.7 Å². The van der Waals surface area contributed by atoms with Crippen molar-refractivity contribution in [2.45, 2.75) is 44.2 Å². The number of amides is 1. The first-order valence-corrected chi connectivity index (χ1v) is 11.6. The van der Waals surface area contributed by atoms with Crippen molar-refractivity contribution in [1.29, 1.82) is 0 Å². The monoisotopic (exact) mass is 483 g/mol. The molecule has 1 fully saturated rings. The highest BCUT2D eigenvalue weighted by Gasteiger charge is 2.47. The van der Waals surface area contributed by atoms with E-state index >= 15 is 0 Å². The van der Waals surface area contributed by atoms with Crippen molar-refractivity contribution in [2.75, 3.05) is 7.11 Å². The molecule has 0 spiro atoms. The molecule has 1 saturated carbocycles. The van der Waals surface area contributed by atoms with Gasteiger partial charge in [0.1, 0.15) is 5.82 Å². The van der Waals surface area contributed by atoms with Gasteiger partial charge < -0.3 is 19.2 Å². The Labute approximate surface area is 200 Å². The van der Waals surface area contributed by atoms with Gasteiger partial charge in [0.15, 0.2) is 22.9 Å². The molecule has 3 aromatic rings. The van der Waals surface area contributed by atoms with Crippen LogP contribution in [-0.4, -0.2) is 34.8 Å². The van der Waals surface area contributed by atoms with Gasteiger partial charge >= 0.3 is 0 Å². The molecular weight excluding hydrogens is 461 g/mol. The average Bonchev–Trinajstić information content (AvgIpc) is 3.38. The van der Waals surface area contributed by atoms with Crippen LogP contribution in [0.25, 0.3) is 11.0 Å². The number of furan rings is 1. The number of rotatable bonds is 5. The highest BCUT2D eigenvalue weighted by atomic mass is 35.5. The number of hydrogen-bond donors (Lipinski definition) is 1. The Morgan fingerprint density at radius 2 is 1.85 bits per heavy atom. The van der Waals surface area contributed by atoms with E-state index in [4.69, 9.17) is 20.8 Å². The summed E-state index contributed by atoms with van der Waals surface area (Å²) >= 11 is 6.14. The number of halogens is 2. The first kappa shape index (κ1) is 22.5. The topological polar surface area (TPSA) is 80.0 Å². The quantitative estimate of drug-likeness (QED) is 0.440. The van der Waals surface area contributed by atoms with Gasteiger partial charge in [-0.3, -0.25) is 9.59 Å². The van der Waals surface area contributed by atoms with Gasteiger partial charge in [0.2, 0.25) is 5.78 Å². The zero-order valence-electron chi connectivity index (χ0n) is 18.5. The second-order valence-electron chi connectivity index (χ2n) is 8.69. The molecule has 1 unspecified atom stereocenters. The van der Waals surface area contributed by atoms with Crippen molar-refractivity contribution < 1.29 is 28.2 Å². The van der Waals surface area contributed by atoms with Gasteiger partial charge in [-0.2, -0.15) is 0 Å². The number of carbonyl (C=O) groups excluding carboxylic acids is 2. The minimum absolute atomic E-state index is 0.0532. The average molecular weight is 484 g/mol. The summed E-state index contributed by atoms with van der Waals surface area (Å²) in [4.78, 5) is 28.5. The summed E-state index contributed by atoms with van der Waals surface area (Å²) < 4.78 is 24.8. The molecule has 1 amide bonds. The third kappa shape index (κ3) is 3.74. The summed E-state index contributed by atoms with van der Waals surface area (Å²) in [7, 11) is 1.46. The van der Waals surface area contributed by atoms with Crippen molar-refractivity contribution in [3.05, 3.63) is 76.0 Å². The highest BCUT2D eigenvalue weighted by Crippen LogP contribution is 2.43. The maximum absolute atomic E-state index is 13.7. The second-order valence-corrected chi connectivity index (χ2v) is 9.12. The van der Waals surface area contributed by atoms with Crippen molar-refractivity contribution in [2.24, 2.45) is 0 Å². The smallest absolute Gasteiger partial charge is 0.290 e. The number of aliphatic hydroxyl groups excluding tert-OH is 1. The summed E-state index contributed by atoms with van der Waals surface area (Å²) in [5.74, 6) is -1.94. The molecule has 0 saturated heterocycles. The molecule has 1 atom stereocenters. The van der Waals surface area contributed by atoms with E-state index < -0.39 is 29.3 Å². The first-order valence-electron chi connectivity index (χ1n) is 11.2. The fraction of sp³-hybridized carbons (Fsp3) is 0.308. The van der Waals surface area contributed by atoms with Crippen molar-refractivity contribution in [3.63, 3.8) is 0 Å². The summed E-state index contributed by atoms with van der Waals surface area (Å²) in [5.41, 5.74) is 0.804. The van der Waals surface area contributed by atoms with Crippen LogP contribution in [0.5, 0.6) is 5.75 Å². The lowest BCUT2D eigenvalue weighted by molar-refractivity contribution is -0.132. The molecule has 0 bridgehead atoms. The summed E-state index contributed by atoms with van der Waals surface area (Å²) in [6.45, 7) is 0. The number of ketones is 1. The normalized spacial score (nSPS) is 19.3. The van der Waals surface area contributed by atoms with E-state index in [1.165, 1.54) is 37.4 Å². The lowest BCUT2D eigenvalue weighted by Crippen LogP contribution is -2.41. The molecule has 2 heterocycles. The van der Waals surface area contributed by atoms with Crippen molar-refractivity contribution in [1.82, 2.24) is 4.90 Å². The van der Waals surface area contributed by atoms with Crippen molar-refractivity contribution in [3.8, 4) is 5.75 Å². The third-order valence-corrected chi connectivity index (χ3v) is 6.85. The fourth-order valence-corrected chi connectivity index (χ4v) is 5.26. The van der Waals surface area contributed by atoms with E-state index in [2.05, 4.69) is 0 Å². The largest absolute Gasteiger partial charge is 0.503 e. The zero-order chi connectivity index (χ0) is 24.0. The van der Waals surface area contributed by atoms with Crippen LogP contribution in [0.2, 0.25) is 5.02 Å². The van der Waals surface area contributed by atoms with E-state index in [0.29, 0.717) is 27.3 Å². The van der Waals surface area contributed by atoms with Crippen LogP contribution < -0.4 is 4.74 Å². The minimum Gasteiger partial charge on any atom is -0.503 e. The first-order chi connectivity index (χ1) is 16.4. The molecule has 1 aliphatic carbocycles. The number of hydrogen-bond acceptors (Lipinski definition) is 5. The molecule has 6 nitrogen and oxygen atoms in total. The minimum atomic E-state index is -0.845. The van der Waals surface area contributed by atoms with Crippen LogP contribution in [0.4, 0.5) is 4.39 Å². The summed E-state index contributed by atoms with van der Waals surface area (Å²) in [6.07, 6.45) is 4.54. The summed E-state index contributed by atoms with van der Waals surface area (Å²) in [5, 5.41) is 11.9. The second kappa shape index (κ2) is 8.80. The molecule has 34 heavy (non-hydrogen) atoms. The molecule has 176 valence electrons. The molecule has 1 aromatic heterocycles. The van der Waals surface area contributed by atoms with Crippen LogP contribution in [0.1, 0.15) is 54.3 Å². The maximum Gasteiger partial charge on any atom is 0.290 e. The Morgan fingerprint density at radius 1 is 1.15 bits per heavy atom. The van der Waals surface area contributed by atoms with Gasteiger partial charge in [-0.15, -0.1) is 0 Å². The van der Waals surface area contributed by atoms with Crippen LogP contribution in [-0.2, 0) is 4.79 Å². The predicted octanol–water partition coefficient (Wildman–Crippen LogP) is 6.14. The molecule has 2 aliphatic rings. The zero-order valence-corrected chi connectivity index (χ0v) is 19.3. The number of carbonyl (C=O) groups is 2. The SMILES string of the molecule is COc1cc(Cl)cc2cc(C(=O)C3=C(O)C(=O)N(C4CCCCC4)C3c3ccc(F)cc3)oc12. The molecule has 8 heteroatoms. The number of benzene rings is 2. The Kier molecular flexibility index (Phi) is 5.81. The number of nitrogens with zero attached hydrogens (tertiary/aromatic N) is 1. The van der Waals surface area contributed by atoms with Crippen LogP contribution >= 0.6 is 11.6 Å². The van der Waals surface area contributed by atoms with Crippen molar-refractivity contribution >= 4 is 34.3 Å². The molecular formula is C26H23ClFNO5. The molecule has 1 N–H and O–H groups in total. The number of methoxy groups -OCH3 is 1. The lowest BCUT2D eigenvalue weighted by atomic mass is 9.90. The summed E-state index contributed by atoms with van der Waals surface area (Å²) in [6, 6.07) is 9.40. The van der Waals surface area contributed by atoms with Gasteiger partial charge in [0, 0.05) is 22.5 Å². The van der Waals surface area contributed by atoms with E-state index in [9.17, 15) is 19.1 Å². The van der Waals surface area contributed by atoms with Crippen LogP contribution in [0, 0.1) is 5.82 Å². The van der Waals surface area contributed by atoms with Gasteiger partial charge in [0.25, 0.3) is 5.91 Å². The Balaban J connectivity index is 1.61. The third-order valence-electron chi connectivity index (χ3n) is 6.63. The highest BCUT2D eigenvalue weighted by molar-refractivity contribution is 6.31. The molecule has 2 aromatic carbocycles. The standard InChI is InChI=1S/C26H23ClFNO5/c1-33-20-13-16(27)11-15-12-19(34-25(15)20)23(30)21-22(14-7-9-17(28)10-8-14)29(26(32)24(21)31)18-5-3-2-4-6-18/h7-13,18,22,31H,2-6H2,1H3. The lowest BCUT2D eigenvalue weighted by Gasteiger charge is -2.36. The Hall–Kier alpha value is -3.32. The van der Waals surface area contributed by atoms with Gasteiger partial charge in [-0.1, -0.05) is 43.0 Å². The van der Waals surface area contributed by atoms with Crippen LogP contribution in [0.3, 0.4) is 0 Å². The van der Waals surface area contributed by atoms with E-state index in [0.717, 1.165) is 32.1 Å².